The van der Waals surface area contributed by atoms with Crippen LogP contribution in [0.2, 0.25) is 0 Å². The first-order valence-electron chi connectivity index (χ1n) is 6.72. The van der Waals surface area contributed by atoms with Crippen molar-refractivity contribution in [2.24, 2.45) is 0 Å². The molecule has 0 saturated heterocycles. The first kappa shape index (κ1) is 14.5. The van der Waals surface area contributed by atoms with E-state index in [1.807, 2.05) is 19.0 Å². The summed E-state index contributed by atoms with van der Waals surface area (Å²) in [6, 6.07) is 5.25. The quantitative estimate of drug-likeness (QED) is 0.783. The van der Waals surface area contributed by atoms with E-state index in [2.05, 4.69) is 0 Å². The van der Waals surface area contributed by atoms with Crippen LogP contribution in [0.25, 0.3) is 0 Å². The largest absolute Gasteiger partial charge is 0.491 e. The van der Waals surface area contributed by atoms with Crippen LogP contribution in [0.4, 0.5) is 5.69 Å². The Morgan fingerprint density at radius 1 is 1.40 bits per heavy atom. The van der Waals surface area contributed by atoms with Gasteiger partial charge in [0.15, 0.2) is 5.78 Å². The van der Waals surface area contributed by atoms with Crippen LogP contribution in [-0.2, 0) is 4.79 Å². The van der Waals surface area contributed by atoms with Crippen LogP contribution in [0.5, 0.6) is 5.75 Å². The molecule has 1 amide bonds. The highest BCUT2D eigenvalue weighted by molar-refractivity contribution is 5.99. The number of rotatable bonds is 4. The highest BCUT2D eigenvalue weighted by Gasteiger charge is 2.23. The molecule has 5 nitrogen and oxygen atoms in total. The molecule has 0 bridgehead atoms. The molecule has 0 radical (unpaired) electrons. The Balaban J connectivity index is 2.37. The average Bonchev–Trinajstić information content (AvgIpc) is 2.54. The molecule has 0 atom stereocenters. The van der Waals surface area contributed by atoms with Crippen molar-refractivity contribution in [3.05, 3.63) is 23.8 Å². The van der Waals surface area contributed by atoms with Crippen molar-refractivity contribution in [3.63, 3.8) is 0 Å². The van der Waals surface area contributed by atoms with Gasteiger partial charge in [-0.3, -0.25) is 9.59 Å². The third kappa shape index (κ3) is 3.17. The van der Waals surface area contributed by atoms with Crippen LogP contribution in [0.1, 0.15) is 23.7 Å². The van der Waals surface area contributed by atoms with E-state index in [4.69, 9.17) is 4.74 Å². The molecule has 1 aliphatic rings. The number of ether oxygens (including phenoxy) is 1. The Hall–Kier alpha value is -1.88. The number of fused-ring (bicyclic) bond motifs is 1. The van der Waals surface area contributed by atoms with Gasteiger partial charge >= 0.3 is 0 Å². The molecule has 5 heteroatoms. The second-order valence-electron chi connectivity index (χ2n) is 5.19. The lowest BCUT2D eigenvalue weighted by molar-refractivity contribution is -0.118. The topological polar surface area (TPSA) is 49.9 Å². The lowest BCUT2D eigenvalue weighted by atomic mass is 10.1. The number of anilines is 1. The molecule has 1 aromatic carbocycles. The van der Waals surface area contributed by atoms with Gasteiger partial charge in [-0.2, -0.15) is 0 Å². The fraction of sp³-hybridized carbons (Fsp3) is 0.467. The number of hydrogen-bond donors (Lipinski definition) is 0. The zero-order valence-electron chi connectivity index (χ0n) is 12.2. The zero-order valence-corrected chi connectivity index (χ0v) is 12.2. The number of carbonyl (C=O) groups is 2. The SMILES string of the molecule is CC(=O)c1ccc2c(c1)N(CCN(C)C)C(=O)CCO2. The molecular formula is C15H20N2O3. The number of amides is 1. The maximum atomic E-state index is 12.2. The van der Waals surface area contributed by atoms with Crippen LogP contribution < -0.4 is 9.64 Å². The molecule has 0 unspecified atom stereocenters. The van der Waals surface area contributed by atoms with Gasteiger partial charge in [-0.25, -0.2) is 0 Å². The molecule has 1 aromatic rings. The molecule has 0 fully saturated rings. The van der Waals surface area contributed by atoms with E-state index in [0.717, 1.165) is 6.54 Å². The number of ketones is 1. The van der Waals surface area contributed by atoms with Gasteiger partial charge in [0.2, 0.25) is 5.91 Å². The van der Waals surface area contributed by atoms with Crippen LogP contribution in [0, 0.1) is 0 Å². The van der Waals surface area contributed by atoms with E-state index in [-0.39, 0.29) is 11.7 Å². The molecule has 0 aromatic heterocycles. The summed E-state index contributed by atoms with van der Waals surface area (Å²) in [5, 5.41) is 0. The monoisotopic (exact) mass is 276 g/mol. The van der Waals surface area contributed by atoms with Gasteiger partial charge in [0.1, 0.15) is 5.75 Å². The minimum absolute atomic E-state index is 0.0166. The molecule has 1 aliphatic heterocycles. The van der Waals surface area contributed by atoms with Crippen molar-refractivity contribution in [2.75, 3.05) is 38.7 Å². The third-order valence-corrected chi connectivity index (χ3v) is 3.30. The first-order valence-corrected chi connectivity index (χ1v) is 6.72. The molecule has 0 N–H and O–H groups in total. The minimum Gasteiger partial charge on any atom is -0.491 e. The summed E-state index contributed by atoms with van der Waals surface area (Å²) in [6.45, 7) is 3.24. The highest BCUT2D eigenvalue weighted by atomic mass is 16.5. The zero-order chi connectivity index (χ0) is 14.7. The van der Waals surface area contributed by atoms with E-state index in [1.165, 1.54) is 6.92 Å². The van der Waals surface area contributed by atoms with Crippen LogP contribution in [0.15, 0.2) is 18.2 Å². The normalized spacial score (nSPS) is 14.8. The van der Waals surface area contributed by atoms with Crippen LogP contribution in [-0.4, -0.2) is 50.4 Å². The van der Waals surface area contributed by atoms with Crippen molar-refractivity contribution in [2.45, 2.75) is 13.3 Å². The van der Waals surface area contributed by atoms with Gasteiger partial charge in [-0.1, -0.05) is 0 Å². The number of nitrogens with zero attached hydrogens (tertiary/aromatic N) is 2. The number of benzene rings is 1. The summed E-state index contributed by atoms with van der Waals surface area (Å²) in [5.74, 6) is 0.683. The van der Waals surface area contributed by atoms with E-state index in [9.17, 15) is 9.59 Å². The summed E-state index contributed by atoms with van der Waals surface area (Å²) in [7, 11) is 3.93. The van der Waals surface area contributed by atoms with Gasteiger partial charge in [0.25, 0.3) is 0 Å². The summed E-state index contributed by atoms with van der Waals surface area (Å²) in [6.07, 6.45) is 0.359. The van der Waals surface area contributed by atoms with Crippen molar-refractivity contribution >= 4 is 17.4 Å². The smallest absolute Gasteiger partial charge is 0.230 e. The maximum Gasteiger partial charge on any atom is 0.230 e. The molecule has 0 spiro atoms. The Morgan fingerprint density at radius 2 is 2.15 bits per heavy atom. The van der Waals surface area contributed by atoms with E-state index in [1.54, 1.807) is 23.1 Å². The maximum absolute atomic E-state index is 12.2. The molecule has 2 rings (SSSR count). The predicted molar refractivity (Wildman–Crippen MR) is 77.5 cm³/mol. The molecule has 1 heterocycles. The highest BCUT2D eigenvalue weighted by Crippen LogP contribution is 2.32. The van der Waals surface area contributed by atoms with Gasteiger partial charge in [-0.05, 0) is 39.2 Å². The van der Waals surface area contributed by atoms with Crippen molar-refractivity contribution in [1.82, 2.24) is 4.90 Å². The van der Waals surface area contributed by atoms with Gasteiger partial charge in [0.05, 0.1) is 18.7 Å². The summed E-state index contributed by atoms with van der Waals surface area (Å²) < 4.78 is 5.60. The molecule has 0 saturated carbocycles. The lowest BCUT2D eigenvalue weighted by Gasteiger charge is -2.24. The average molecular weight is 276 g/mol. The second-order valence-corrected chi connectivity index (χ2v) is 5.19. The summed E-state index contributed by atoms with van der Waals surface area (Å²) in [5.41, 5.74) is 1.29. The Morgan fingerprint density at radius 3 is 2.80 bits per heavy atom. The standard InChI is InChI=1S/C15H20N2O3/c1-11(18)12-4-5-14-13(10-12)17(8-7-16(2)3)15(19)6-9-20-14/h4-5,10H,6-9H2,1-3H3. The second kappa shape index (κ2) is 6.05. The summed E-state index contributed by atoms with van der Waals surface area (Å²) in [4.78, 5) is 27.5. The number of carbonyl (C=O) groups excluding carboxylic acids is 2. The van der Waals surface area contributed by atoms with Crippen molar-refractivity contribution in [3.8, 4) is 5.75 Å². The molecule has 0 aliphatic carbocycles. The number of hydrogen-bond acceptors (Lipinski definition) is 4. The lowest BCUT2D eigenvalue weighted by Crippen LogP contribution is -2.36. The molecule has 20 heavy (non-hydrogen) atoms. The Labute approximate surface area is 119 Å². The Kier molecular flexibility index (Phi) is 4.39. The van der Waals surface area contributed by atoms with Gasteiger partial charge in [-0.15, -0.1) is 0 Å². The predicted octanol–water partition coefficient (Wildman–Crippen LogP) is 1.57. The van der Waals surface area contributed by atoms with Crippen LogP contribution in [0.3, 0.4) is 0 Å². The van der Waals surface area contributed by atoms with E-state index in [0.29, 0.717) is 36.6 Å². The first-order chi connectivity index (χ1) is 9.49. The fourth-order valence-electron chi connectivity index (χ4n) is 2.13. The fourth-order valence-corrected chi connectivity index (χ4v) is 2.13. The Bertz CT molecular complexity index is 526. The number of Topliss-reactive ketones (excluding diaryl/α,β-unsaturated/α-hetero) is 1. The van der Waals surface area contributed by atoms with Crippen LogP contribution >= 0.6 is 0 Å². The van der Waals surface area contributed by atoms with E-state index >= 15 is 0 Å². The van der Waals surface area contributed by atoms with E-state index < -0.39 is 0 Å². The van der Waals surface area contributed by atoms with Crippen molar-refractivity contribution < 1.29 is 14.3 Å². The summed E-state index contributed by atoms with van der Waals surface area (Å²) >= 11 is 0. The van der Waals surface area contributed by atoms with Gasteiger partial charge in [0, 0.05) is 18.7 Å². The number of likely N-dealkylation sites (N-methyl/N-ethyl adjacent to an activating group) is 1. The van der Waals surface area contributed by atoms with Crippen molar-refractivity contribution in [1.29, 1.82) is 0 Å². The van der Waals surface area contributed by atoms with Gasteiger partial charge < -0.3 is 14.5 Å². The third-order valence-electron chi connectivity index (χ3n) is 3.30. The minimum atomic E-state index is -0.0166. The molecule has 108 valence electrons. The molecular weight excluding hydrogens is 256 g/mol.